The van der Waals surface area contributed by atoms with Gasteiger partial charge in [0.05, 0.1) is 20.3 Å². The highest BCUT2D eigenvalue weighted by molar-refractivity contribution is 5.84. The van der Waals surface area contributed by atoms with Crippen molar-refractivity contribution in [3.05, 3.63) is 59.8 Å². The van der Waals surface area contributed by atoms with Gasteiger partial charge in [0.1, 0.15) is 0 Å². The van der Waals surface area contributed by atoms with Gasteiger partial charge in [0, 0.05) is 48.2 Å². The Morgan fingerprint density at radius 2 is 1.84 bits per heavy atom. The van der Waals surface area contributed by atoms with Crippen molar-refractivity contribution in [3.63, 3.8) is 0 Å². The molecule has 2 aromatic carbocycles. The van der Waals surface area contributed by atoms with Crippen molar-refractivity contribution < 1.29 is 14.3 Å². The van der Waals surface area contributed by atoms with Gasteiger partial charge in [-0.2, -0.15) is 0 Å². The Hall–Kier alpha value is -2.99. The molecule has 31 heavy (non-hydrogen) atoms. The summed E-state index contributed by atoms with van der Waals surface area (Å²) < 4.78 is 11.3. The molecule has 0 unspecified atom stereocenters. The van der Waals surface area contributed by atoms with Crippen LogP contribution in [-0.2, 0) is 4.79 Å². The number of para-hydroxylation sites is 2. The molecule has 0 aliphatic carbocycles. The van der Waals surface area contributed by atoms with Crippen LogP contribution in [0.2, 0.25) is 0 Å². The zero-order valence-corrected chi connectivity index (χ0v) is 18.5. The van der Waals surface area contributed by atoms with E-state index in [1.165, 1.54) is 0 Å². The zero-order valence-electron chi connectivity index (χ0n) is 18.5. The summed E-state index contributed by atoms with van der Waals surface area (Å²) in [6, 6.07) is 14.0. The summed E-state index contributed by atoms with van der Waals surface area (Å²) in [5, 5.41) is 4.66. The van der Waals surface area contributed by atoms with E-state index in [0.717, 1.165) is 53.7 Å². The fourth-order valence-corrected chi connectivity index (χ4v) is 4.55. The average molecular weight is 422 g/mol. The summed E-state index contributed by atoms with van der Waals surface area (Å²) >= 11 is 0. The molecular formula is C25H31N3O3. The number of carbonyl (C=O) groups excluding carboxylic acids is 1. The number of hydrogen-bond acceptors (Lipinski definition) is 4. The van der Waals surface area contributed by atoms with Crippen molar-refractivity contribution in [2.24, 2.45) is 0 Å². The third-order valence-corrected chi connectivity index (χ3v) is 6.22. The number of H-pyrrole nitrogens is 1. The number of nitrogens with one attached hydrogen (secondary N) is 2. The predicted octanol–water partition coefficient (Wildman–Crippen LogP) is 3.92. The van der Waals surface area contributed by atoms with Crippen LogP contribution >= 0.6 is 0 Å². The fourth-order valence-electron chi connectivity index (χ4n) is 4.55. The van der Waals surface area contributed by atoms with Gasteiger partial charge in [0.2, 0.25) is 5.91 Å². The highest BCUT2D eigenvalue weighted by Gasteiger charge is 2.27. The number of carbonyl (C=O) groups is 1. The largest absolute Gasteiger partial charge is 0.493 e. The van der Waals surface area contributed by atoms with Crippen molar-refractivity contribution in [1.82, 2.24) is 15.2 Å². The van der Waals surface area contributed by atoms with Crippen LogP contribution in [0.25, 0.3) is 10.9 Å². The number of ether oxygens (including phenoxy) is 2. The topological polar surface area (TPSA) is 66.6 Å². The second kappa shape index (κ2) is 9.43. The van der Waals surface area contributed by atoms with Gasteiger partial charge in [-0.05, 0) is 37.5 Å². The number of methoxy groups -OCH3 is 2. The quantitative estimate of drug-likeness (QED) is 0.579. The van der Waals surface area contributed by atoms with E-state index in [2.05, 4.69) is 34.7 Å². The van der Waals surface area contributed by atoms with Gasteiger partial charge in [-0.25, -0.2) is 0 Å². The van der Waals surface area contributed by atoms with Gasteiger partial charge in [-0.3, -0.25) is 4.79 Å². The first-order chi connectivity index (χ1) is 15.1. The molecule has 1 aliphatic heterocycles. The standard InChI is InChI=1S/C25H31N3O3/c1-17(25(29)28-13-6-7-14-28)26-15-21(19-10-8-12-23(30-2)24(19)31-3)20-16-27-22-11-5-4-9-18(20)22/h4-5,8-12,16-17,21,26-27H,6-7,13-15H2,1-3H3/t17-,21-/m1/s1. The van der Waals surface area contributed by atoms with E-state index < -0.39 is 0 Å². The lowest BCUT2D eigenvalue weighted by Crippen LogP contribution is -2.44. The molecular weight excluding hydrogens is 390 g/mol. The molecule has 0 bridgehead atoms. The molecule has 0 spiro atoms. The number of nitrogens with zero attached hydrogens (tertiary/aromatic N) is 1. The zero-order chi connectivity index (χ0) is 21.8. The number of rotatable bonds is 8. The molecule has 1 saturated heterocycles. The first-order valence-corrected chi connectivity index (χ1v) is 10.9. The second-order valence-corrected chi connectivity index (χ2v) is 8.09. The molecule has 1 fully saturated rings. The molecule has 1 aromatic heterocycles. The molecule has 0 saturated carbocycles. The van der Waals surface area contributed by atoms with Gasteiger partial charge in [0.25, 0.3) is 0 Å². The van der Waals surface area contributed by atoms with Crippen LogP contribution in [0.5, 0.6) is 11.5 Å². The van der Waals surface area contributed by atoms with E-state index >= 15 is 0 Å². The molecule has 1 amide bonds. The normalized spacial score (nSPS) is 15.8. The van der Waals surface area contributed by atoms with Gasteiger partial charge in [-0.15, -0.1) is 0 Å². The van der Waals surface area contributed by atoms with E-state index in [9.17, 15) is 4.79 Å². The van der Waals surface area contributed by atoms with E-state index in [1.807, 2.05) is 36.1 Å². The Bertz CT molecular complexity index is 1040. The Balaban J connectivity index is 1.68. The van der Waals surface area contributed by atoms with Gasteiger partial charge in [-0.1, -0.05) is 30.3 Å². The smallest absolute Gasteiger partial charge is 0.239 e. The van der Waals surface area contributed by atoms with Crippen molar-refractivity contribution >= 4 is 16.8 Å². The van der Waals surface area contributed by atoms with Crippen LogP contribution in [0.3, 0.4) is 0 Å². The first kappa shape index (κ1) is 21.2. The number of fused-ring (bicyclic) bond motifs is 1. The van der Waals surface area contributed by atoms with E-state index in [1.54, 1.807) is 14.2 Å². The number of aromatic amines is 1. The maximum atomic E-state index is 12.8. The number of hydrogen-bond donors (Lipinski definition) is 2. The molecule has 6 nitrogen and oxygen atoms in total. The van der Waals surface area contributed by atoms with Crippen LogP contribution < -0.4 is 14.8 Å². The fraction of sp³-hybridized carbons (Fsp3) is 0.400. The van der Waals surface area contributed by atoms with Gasteiger partial charge in [0.15, 0.2) is 11.5 Å². The van der Waals surface area contributed by atoms with Crippen molar-refractivity contribution in [1.29, 1.82) is 0 Å². The first-order valence-electron chi connectivity index (χ1n) is 10.9. The van der Waals surface area contributed by atoms with E-state index in [-0.39, 0.29) is 17.9 Å². The van der Waals surface area contributed by atoms with Crippen LogP contribution in [0.1, 0.15) is 36.8 Å². The summed E-state index contributed by atoms with van der Waals surface area (Å²) in [4.78, 5) is 18.2. The third kappa shape index (κ3) is 4.26. The SMILES string of the molecule is COc1cccc([C@@H](CN[C@H](C)C(=O)N2CCCC2)c2c[nH]c3ccccc23)c1OC. The predicted molar refractivity (Wildman–Crippen MR) is 123 cm³/mol. The lowest BCUT2D eigenvalue weighted by molar-refractivity contribution is -0.131. The van der Waals surface area contributed by atoms with E-state index in [4.69, 9.17) is 9.47 Å². The Morgan fingerprint density at radius 1 is 1.06 bits per heavy atom. The number of amides is 1. The Morgan fingerprint density at radius 3 is 2.58 bits per heavy atom. The van der Waals surface area contributed by atoms with Gasteiger partial charge >= 0.3 is 0 Å². The highest BCUT2D eigenvalue weighted by Crippen LogP contribution is 2.40. The summed E-state index contributed by atoms with van der Waals surface area (Å²) in [7, 11) is 3.32. The second-order valence-electron chi connectivity index (χ2n) is 8.09. The maximum absolute atomic E-state index is 12.8. The van der Waals surface area contributed by atoms with E-state index in [0.29, 0.717) is 12.3 Å². The maximum Gasteiger partial charge on any atom is 0.239 e. The van der Waals surface area contributed by atoms with Crippen molar-refractivity contribution in [2.45, 2.75) is 31.7 Å². The average Bonchev–Trinajstić information content (AvgIpc) is 3.49. The molecule has 4 rings (SSSR count). The van der Waals surface area contributed by atoms with Crippen LogP contribution in [0.4, 0.5) is 0 Å². The summed E-state index contributed by atoms with van der Waals surface area (Å²) in [6.45, 7) is 4.28. The minimum absolute atomic E-state index is 0.0185. The van der Waals surface area contributed by atoms with Crippen molar-refractivity contribution in [3.8, 4) is 11.5 Å². The highest BCUT2D eigenvalue weighted by atomic mass is 16.5. The lowest BCUT2D eigenvalue weighted by Gasteiger charge is -2.25. The molecule has 164 valence electrons. The molecule has 2 N–H and O–H groups in total. The third-order valence-electron chi connectivity index (χ3n) is 6.22. The number of likely N-dealkylation sites (tertiary alicyclic amines) is 1. The monoisotopic (exact) mass is 421 g/mol. The van der Waals surface area contributed by atoms with Gasteiger partial charge < -0.3 is 24.7 Å². The van der Waals surface area contributed by atoms with Crippen molar-refractivity contribution in [2.75, 3.05) is 33.9 Å². The Labute approximate surface area is 183 Å². The van der Waals surface area contributed by atoms with Crippen LogP contribution in [0.15, 0.2) is 48.7 Å². The number of aromatic nitrogens is 1. The molecule has 0 radical (unpaired) electrons. The molecule has 2 atom stereocenters. The molecule has 6 heteroatoms. The molecule has 1 aliphatic rings. The molecule has 3 aromatic rings. The summed E-state index contributed by atoms with van der Waals surface area (Å²) in [6.07, 6.45) is 4.25. The lowest BCUT2D eigenvalue weighted by atomic mass is 9.89. The summed E-state index contributed by atoms with van der Waals surface area (Å²) in [5.41, 5.74) is 3.28. The van der Waals surface area contributed by atoms with Crippen LogP contribution in [0, 0.1) is 0 Å². The Kier molecular flexibility index (Phi) is 6.47. The van der Waals surface area contributed by atoms with Crippen LogP contribution in [-0.4, -0.2) is 55.7 Å². The minimum atomic E-state index is -0.248. The minimum Gasteiger partial charge on any atom is -0.493 e. The summed E-state index contributed by atoms with van der Waals surface area (Å²) in [5.74, 6) is 1.58. The number of benzene rings is 2. The molecule has 2 heterocycles.